The molecule has 0 saturated heterocycles. The number of urea groups is 1. The number of hydrogen-bond donors (Lipinski definition) is 2. The molecule has 8 heteroatoms. The molecule has 0 radical (unpaired) electrons. The molecule has 35 heavy (non-hydrogen) atoms. The van der Waals surface area contributed by atoms with Crippen LogP contribution in [0.15, 0.2) is 71.9 Å². The first-order valence-electron chi connectivity index (χ1n) is 12.0. The van der Waals surface area contributed by atoms with Crippen LogP contribution in [0.2, 0.25) is 0 Å². The molecule has 0 aliphatic carbocycles. The second kappa shape index (κ2) is 10.7. The Bertz CT molecular complexity index is 1100. The molecule has 2 aromatic rings. The summed E-state index contributed by atoms with van der Waals surface area (Å²) in [5, 5.41) is 6.00. The van der Waals surface area contributed by atoms with Gasteiger partial charge in [-0.25, -0.2) is 4.79 Å². The molecule has 2 heterocycles. The Labute approximate surface area is 206 Å². The molecule has 0 unspecified atom stereocenters. The van der Waals surface area contributed by atoms with E-state index in [9.17, 15) is 14.4 Å². The lowest BCUT2D eigenvalue weighted by Gasteiger charge is -2.32. The SMILES string of the molecule is CCN1C(=O)N[C@@H](c2ccccc2)C2=C1CN([C@@H](Cc1ccccc1)C(=O)NCCN(C)C)C2=O. The highest BCUT2D eigenvalue weighted by Crippen LogP contribution is 2.37. The lowest BCUT2D eigenvalue weighted by Crippen LogP contribution is -2.50. The number of carbonyl (C=O) groups is 3. The van der Waals surface area contributed by atoms with Crippen LogP contribution >= 0.6 is 0 Å². The smallest absolute Gasteiger partial charge is 0.322 e. The van der Waals surface area contributed by atoms with Crippen molar-refractivity contribution in [3.8, 4) is 0 Å². The third-order valence-corrected chi connectivity index (χ3v) is 6.51. The molecule has 0 fully saturated rings. The van der Waals surface area contributed by atoms with E-state index in [0.717, 1.165) is 11.1 Å². The number of benzene rings is 2. The molecular weight excluding hydrogens is 442 g/mol. The molecule has 4 rings (SSSR count). The quantitative estimate of drug-likeness (QED) is 0.582. The van der Waals surface area contributed by atoms with Crippen LogP contribution in [0.1, 0.15) is 24.1 Å². The molecule has 0 spiro atoms. The van der Waals surface area contributed by atoms with Crippen LogP contribution in [0.25, 0.3) is 0 Å². The van der Waals surface area contributed by atoms with E-state index >= 15 is 0 Å². The van der Waals surface area contributed by atoms with E-state index in [1.165, 1.54) is 0 Å². The van der Waals surface area contributed by atoms with Gasteiger partial charge in [0.2, 0.25) is 5.91 Å². The Morgan fingerprint density at radius 3 is 2.37 bits per heavy atom. The van der Waals surface area contributed by atoms with Gasteiger partial charge in [-0.1, -0.05) is 60.7 Å². The molecule has 184 valence electrons. The normalized spacial score (nSPS) is 18.6. The maximum atomic E-state index is 13.9. The van der Waals surface area contributed by atoms with Crippen molar-refractivity contribution in [2.75, 3.05) is 40.3 Å². The highest BCUT2D eigenvalue weighted by Gasteiger charge is 2.46. The van der Waals surface area contributed by atoms with Gasteiger partial charge in [0.05, 0.1) is 23.9 Å². The van der Waals surface area contributed by atoms with Crippen molar-refractivity contribution < 1.29 is 14.4 Å². The Morgan fingerprint density at radius 1 is 1.09 bits per heavy atom. The third-order valence-electron chi connectivity index (χ3n) is 6.51. The molecule has 8 nitrogen and oxygen atoms in total. The van der Waals surface area contributed by atoms with Crippen molar-refractivity contribution in [3.63, 3.8) is 0 Å². The van der Waals surface area contributed by atoms with Gasteiger partial charge in [0.15, 0.2) is 0 Å². The van der Waals surface area contributed by atoms with Crippen LogP contribution in [0.5, 0.6) is 0 Å². The minimum absolute atomic E-state index is 0.192. The first-order valence-corrected chi connectivity index (χ1v) is 12.0. The standard InChI is InChI=1S/C27H33N5O3/c1-4-31-22-18-32(26(34)23(22)24(29-27(31)35)20-13-9-6-10-14-20)21(17-19-11-7-5-8-12-19)25(33)28-15-16-30(2)3/h5-14,21,24H,4,15-18H2,1-3H3,(H,28,33)(H,29,35)/t21-,24-/m0/s1. The number of nitrogens with zero attached hydrogens (tertiary/aromatic N) is 3. The fourth-order valence-electron chi connectivity index (χ4n) is 4.70. The zero-order valence-corrected chi connectivity index (χ0v) is 20.5. The molecule has 2 aliphatic rings. The van der Waals surface area contributed by atoms with Crippen LogP contribution < -0.4 is 10.6 Å². The van der Waals surface area contributed by atoms with Gasteiger partial charge in [-0.3, -0.25) is 14.5 Å². The summed E-state index contributed by atoms with van der Waals surface area (Å²) in [4.78, 5) is 45.5. The maximum absolute atomic E-state index is 13.9. The first kappa shape index (κ1) is 24.5. The maximum Gasteiger partial charge on any atom is 0.322 e. The van der Waals surface area contributed by atoms with E-state index in [2.05, 4.69) is 10.6 Å². The van der Waals surface area contributed by atoms with Gasteiger partial charge in [0, 0.05) is 26.1 Å². The van der Waals surface area contributed by atoms with Crippen molar-refractivity contribution in [2.45, 2.75) is 25.4 Å². The van der Waals surface area contributed by atoms with Gasteiger partial charge in [-0.2, -0.15) is 0 Å². The van der Waals surface area contributed by atoms with Gasteiger partial charge in [0.1, 0.15) is 6.04 Å². The average molecular weight is 476 g/mol. The molecule has 2 N–H and O–H groups in total. The average Bonchev–Trinajstić information content (AvgIpc) is 3.19. The molecule has 0 saturated carbocycles. The van der Waals surface area contributed by atoms with Gasteiger partial charge in [0.25, 0.3) is 5.91 Å². The van der Waals surface area contributed by atoms with Crippen molar-refractivity contribution in [3.05, 3.63) is 83.1 Å². The van der Waals surface area contributed by atoms with Crippen LogP contribution in [-0.4, -0.2) is 78.9 Å². The van der Waals surface area contributed by atoms with Gasteiger partial charge < -0.3 is 20.4 Å². The number of carbonyl (C=O) groups excluding carboxylic acids is 3. The Balaban J connectivity index is 1.66. The molecule has 4 amide bonds. The fourth-order valence-corrected chi connectivity index (χ4v) is 4.70. The van der Waals surface area contributed by atoms with Crippen molar-refractivity contribution >= 4 is 17.8 Å². The number of hydrogen-bond acceptors (Lipinski definition) is 4. The van der Waals surface area contributed by atoms with Gasteiger partial charge in [-0.15, -0.1) is 0 Å². The largest absolute Gasteiger partial charge is 0.353 e. The fraction of sp³-hybridized carbons (Fsp3) is 0.370. The second-order valence-electron chi connectivity index (χ2n) is 9.13. The van der Waals surface area contributed by atoms with Gasteiger partial charge >= 0.3 is 6.03 Å². The first-order chi connectivity index (χ1) is 16.9. The van der Waals surface area contributed by atoms with Crippen LogP contribution in [0, 0.1) is 0 Å². The van der Waals surface area contributed by atoms with Crippen LogP contribution in [0.4, 0.5) is 4.79 Å². The van der Waals surface area contributed by atoms with E-state index in [0.29, 0.717) is 37.3 Å². The van der Waals surface area contributed by atoms with E-state index < -0.39 is 12.1 Å². The summed E-state index contributed by atoms with van der Waals surface area (Å²) in [7, 11) is 3.89. The minimum atomic E-state index is -0.692. The summed E-state index contributed by atoms with van der Waals surface area (Å²) in [6.45, 7) is 3.73. The van der Waals surface area contributed by atoms with Crippen molar-refractivity contribution in [1.82, 2.24) is 25.3 Å². The van der Waals surface area contributed by atoms with Gasteiger partial charge in [-0.05, 0) is 32.1 Å². The predicted molar refractivity (Wildman–Crippen MR) is 134 cm³/mol. The topological polar surface area (TPSA) is 85.0 Å². The summed E-state index contributed by atoms with van der Waals surface area (Å²) < 4.78 is 0. The van der Waals surface area contributed by atoms with E-state index in [1.54, 1.807) is 9.80 Å². The number of amides is 4. The Morgan fingerprint density at radius 2 is 1.74 bits per heavy atom. The van der Waals surface area contributed by atoms with Crippen molar-refractivity contribution in [2.24, 2.45) is 0 Å². The minimum Gasteiger partial charge on any atom is -0.353 e. The molecule has 0 aromatic heterocycles. The highest BCUT2D eigenvalue weighted by atomic mass is 16.2. The molecule has 2 aromatic carbocycles. The molecule has 2 aliphatic heterocycles. The number of nitrogens with one attached hydrogen (secondary N) is 2. The summed E-state index contributed by atoms with van der Waals surface area (Å²) in [5.41, 5.74) is 3.03. The molecule has 2 atom stereocenters. The second-order valence-corrected chi connectivity index (χ2v) is 9.13. The van der Waals surface area contributed by atoms with E-state index in [4.69, 9.17) is 0 Å². The molecule has 0 bridgehead atoms. The molecular formula is C27H33N5O3. The Kier molecular flexibility index (Phi) is 7.51. The number of likely N-dealkylation sites (N-methyl/N-ethyl adjacent to an activating group) is 2. The van der Waals surface area contributed by atoms with E-state index in [1.807, 2.05) is 86.6 Å². The lowest BCUT2D eigenvalue weighted by atomic mass is 9.95. The summed E-state index contributed by atoms with van der Waals surface area (Å²) in [6.07, 6.45) is 0.393. The summed E-state index contributed by atoms with van der Waals surface area (Å²) in [6, 6.07) is 17.7. The van der Waals surface area contributed by atoms with Crippen LogP contribution in [0.3, 0.4) is 0 Å². The Hall–Kier alpha value is -3.65. The van der Waals surface area contributed by atoms with E-state index in [-0.39, 0.29) is 24.4 Å². The summed E-state index contributed by atoms with van der Waals surface area (Å²) >= 11 is 0. The summed E-state index contributed by atoms with van der Waals surface area (Å²) in [5.74, 6) is -0.404. The zero-order valence-electron chi connectivity index (χ0n) is 20.5. The lowest BCUT2D eigenvalue weighted by molar-refractivity contribution is -0.136. The van der Waals surface area contributed by atoms with Crippen molar-refractivity contribution in [1.29, 1.82) is 0 Å². The number of rotatable bonds is 9. The highest BCUT2D eigenvalue weighted by molar-refractivity contribution is 6.03. The zero-order chi connectivity index (χ0) is 24.9. The predicted octanol–water partition coefficient (Wildman–Crippen LogP) is 2.16. The van der Waals surface area contributed by atoms with Crippen LogP contribution in [-0.2, 0) is 16.0 Å². The monoisotopic (exact) mass is 475 g/mol. The third kappa shape index (κ3) is 5.22.